The molecule has 0 spiro atoms. The zero-order chi connectivity index (χ0) is 9.10. The fourth-order valence-electron chi connectivity index (χ4n) is 1.90. The van der Waals surface area contributed by atoms with Crippen LogP contribution in [0.15, 0.2) is 18.3 Å². The minimum Gasteiger partial charge on any atom is -0.259 e. The van der Waals surface area contributed by atoms with Crippen LogP contribution in [0.25, 0.3) is 0 Å². The van der Waals surface area contributed by atoms with Gasteiger partial charge in [-0.2, -0.15) is 0 Å². The average molecular weight is 196 g/mol. The monoisotopic (exact) mass is 195 g/mol. The Labute approximate surface area is 84.1 Å². The van der Waals surface area contributed by atoms with E-state index < -0.39 is 0 Å². The Morgan fingerprint density at radius 2 is 2.23 bits per heavy atom. The number of fused-ring (bicyclic) bond motifs is 1. The number of aromatic nitrogens is 1. The molecule has 0 amide bonds. The van der Waals surface area contributed by atoms with Crippen LogP contribution in [-0.4, -0.2) is 4.98 Å². The molecule has 0 bridgehead atoms. The van der Waals surface area contributed by atoms with E-state index in [4.69, 9.17) is 11.6 Å². The van der Waals surface area contributed by atoms with Gasteiger partial charge in [-0.25, -0.2) is 0 Å². The molecule has 1 unspecified atom stereocenters. The standard InChI is InChI=1S/C11H14ClN/c12-10-7-3-1-2-5-9-6-4-8-13-11(9)10/h4,6,8,10H,1-3,5,7H2. The molecule has 2 rings (SSSR count). The predicted octanol–water partition coefficient (Wildman–Crippen LogP) is 3.48. The van der Waals surface area contributed by atoms with Crippen LogP contribution >= 0.6 is 11.6 Å². The zero-order valence-corrected chi connectivity index (χ0v) is 8.43. The lowest BCUT2D eigenvalue weighted by molar-refractivity contribution is 0.598. The Bertz CT molecular complexity index is 285. The van der Waals surface area contributed by atoms with Gasteiger partial charge in [0.05, 0.1) is 11.1 Å². The number of hydrogen-bond donors (Lipinski definition) is 0. The molecular formula is C11H14ClN. The maximum Gasteiger partial charge on any atom is 0.0760 e. The van der Waals surface area contributed by atoms with Gasteiger partial charge >= 0.3 is 0 Å². The molecule has 0 radical (unpaired) electrons. The lowest BCUT2D eigenvalue weighted by Gasteiger charge is -2.16. The SMILES string of the molecule is ClC1CCCCCc2cccnc21. The van der Waals surface area contributed by atoms with E-state index in [9.17, 15) is 0 Å². The number of hydrogen-bond acceptors (Lipinski definition) is 1. The van der Waals surface area contributed by atoms with Gasteiger partial charge in [0.25, 0.3) is 0 Å². The maximum absolute atomic E-state index is 6.26. The van der Waals surface area contributed by atoms with Crippen LogP contribution < -0.4 is 0 Å². The van der Waals surface area contributed by atoms with Crippen molar-refractivity contribution in [3.05, 3.63) is 29.6 Å². The molecule has 0 fully saturated rings. The quantitative estimate of drug-likeness (QED) is 0.578. The molecule has 13 heavy (non-hydrogen) atoms. The third-order valence-corrected chi connectivity index (χ3v) is 3.05. The van der Waals surface area contributed by atoms with E-state index in [-0.39, 0.29) is 5.38 Å². The zero-order valence-electron chi connectivity index (χ0n) is 7.67. The molecule has 0 saturated carbocycles. The largest absolute Gasteiger partial charge is 0.259 e. The van der Waals surface area contributed by atoms with Crippen molar-refractivity contribution >= 4 is 11.6 Å². The van der Waals surface area contributed by atoms with E-state index in [2.05, 4.69) is 11.1 Å². The fraction of sp³-hybridized carbons (Fsp3) is 0.545. The van der Waals surface area contributed by atoms with Crippen molar-refractivity contribution < 1.29 is 0 Å². The van der Waals surface area contributed by atoms with Gasteiger partial charge in [-0.15, -0.1) is 11.6 Å². The number of nitrogens with zero attached hydrogens (tertiary/aromatic N) is 1. The summed E-state index contributed by atoms with van der Waals surface area (Å²) in [5.41, 5.74) is 2.46. The first kappa shape index (κ1) is 9.01. The molecule has 1 aliphatic carbocycles. The van der Waals surface area contributed by atoms with Crippen molar-refractivity contribution in [1.29, 1.82) is 0 Å². The summed E-state index contributed by atoms with van der Waals surface area (Å²) in [4.78, 5) is 4.37. The maximum atomic E-state index is 6.26. The van der Waals surface area contributed by atoms with Crippen LogP contribution in [0.5, 0.6) is 0 Å². The van der Waals surface area contributed by atoms with E-state index >= 15 is 0 Å². The first-order chi connectivity index (χ1) is 6.38. The summed E-state index contributed by atoms with van der Waals surface area (Å²) in [7, 11) is 0. The topological polar surface area (TPSA) is 12.9 Å². The van der Waals surface area contributed by atoms with E-state index in [1.54, 1.807) is 0 Å². The Balaban J connectivity index is 2.31. The Morgan fingerprint density at radius 1 is 1.31 bits per heavy atom. The number of pyridine rings is 1. The Hall–Kier alpha value is -0.560. The Kier molecular flexibility index (Phi) is 2.84. The number of aryl methyl sites for hydroxylation is 1. The number of halogens is 1. The summed E-state index contributed by atoms with van der Waals surface area (Å²) in [5, 5.41) is 0.136. The van der Waals surface area contributed by atoms with E-state index in [0.717, 1.165) is 18.5 Å². The minimum absolute atomic E-state index is 0.136. The van der Waals surface area contributed by atoms with Gasteiger partial charge < -0.3 is 0 Å². The fourth-order valence-corrected chi connectivity index (χ4v) is 2.25. The number of rotatable bonds is 0. The summed E-state index contributed by atoms with van der Waals surface area (Å²) in [6.07, 6.45) is 7.89. The Morgan fingerprint density at radius 3 is 3.15 bits per heavy atom. The third kappa shape index (κ3) is 2.02. The highest BCUT2D eigenvalue weighted by molar-refractivity contribution is 6.20. The highest BCUT2D eigenvalue weighted by atomic mass is 35.5. The molecule has 1 atom stereocenters. The van der Waals surface area contributed by atoms with Gasteiger partial charge in [-0.1, -0.05) is 18.9 Å². The van der Waals surface area contributed by atoms with Crippen LogP contribution in [0.4, 0.5) is 0 Å². The van der Waals surface area contributed by atoms with Gasteiger partial charge in [0.2, 0.25) is 0 Å². The second kappa shape index (κ2) is 4.10. The molecule has 1 aromatic heterocycles. The van der Waals surface area contributed by atoms with Crippen molar-refractivity contribution in [3.8, 4) is 0 Å². The predicted molar refractivity (Wildman–Crippen MR) is 55.0 cm³/mol. The van der Waals surface area contributed by atoms with E-state index in [0.29, 0.717) is 0 Å². The van der Waals surface area contributed by atoms with Crippen molar-refractivity contribution in [2.75, 3.05) is 0 Å². The number of alkyl halides is 1. The summed E-state index contributed by atoms with van der Waals surface area (Å²) < 4.78 is 0. The molecule has 0 N–H and O–H groups in total. The second-order valence-electron chi connectivity index (χ2n) is 3.61. The van der Waals surface area contributed by atoms with Crippen LogP contribution in [0.2, 0.25) is 0 Å². The minimum atomic E-state index is 0.136. The van der Waals surface area contributed by atoms with Gasteiger partial charge in [-0.3, -0.25) is 4.98 Å². The highest BCUT2D eigenvalue weighted by Gasteiger charge is 2.15. The molecule has 1 aliphatic rings. The summed E-state index contributed by atoms with van der Waals surface area (Å²) in [5.74, 6) is 0. The molecule has 1 heterocycles. The summed E-state index contributed by atoms with van der Waals surface area (Å²) in [6, 6.07) is 4.16. The average Bonchev–Trinajstić information content (AvgIpc) is 2.14. The van der Waals surface area contributed by atoms with Crippen LogP contribution in [0, 0.1) is 0 Å². The van der Waals surface area contributed by atoms with E-state index in [1.165, 1.54) is 24.8 Å². The first-order valence-corrected chi connectivity index (χ1v) is 5.39. The first-order valence-electron chi connectivity index (χ1n) is 4.96. The van der Waals surface area contributed by atoms with Crippen LogP contribution in [0.1, 0.15) is 42.3 Å². The van der Waals surface area contributed by atoms with Gasteiger partial charge in [-0.05, 0) is 30.9 Å². The molecule has 0 saturated heterocycles. The van der Waals surface area contributed by atoms with Gasteiger partial charge in [0.1, 0.15) is 0 Å². The normalized spacial score (nSPS) is 23.0. The lowest BCUT2D eigenvalue weighted by Crippen LogP contribution is -2.04. The van der Waals surface area contributed by atoms with Crippen molar-refractivity contribution in [2.45, 2.75) is 37.5 Å². The van der Waals surface area contributed by atoms with Gasteiger partial charge in [0, 0.05) is 6.20 Å². The van der Waals surface area contributed by atoms with Crippen molar-refractivity contribution in [2.24, 2.45) is 0 Å². The van der Waals surface area contributed by atoms with Crippen LogP contribution in [-0.2, 0) is 6.42 Å². The summed E-state index contributed by atoms with van der Waals surface area (Å²) >= 11 is 6.26. The van der Waals surface area contributed by atoms with Crippen molar-refractivity contribution in [3.63, 3.8) is 0 Å². The molecule has 1 nitrogen and oxygen atoms in total. The van der Waals surface area contributed by atoms with Gasteiger partial charge in [0.15, 0.2) is 0 Å². The lowest BCUT2D eigenvalue weighted by atomic mass is 9.97. The second-order valence-corrected chi connectivity index (χ2v) is 4.14. The third-order valence-electron chi connectivity index (χ3n) is 2.63. The van der Waals surface area contributed by atoms with Crippen molar-refractivity contribution in [1.82, 2.24) is 4.98 Å². The molecule has 0 aliphatic heterocycles. The van der Waals surface area contributed by atoms with Crippen LogP contribution in [0.3, 0.4) is 0 Å². The van der Waals surface area contributed by atoms with E-state index in [1.807, 2.05) is 12.3 Å². The molecule has 70 valence electrons. The summed E-state index contributed by atoms with van der Waals surface area (Å²) in [6.45, 7) is 0. The molecule has 2 heteroatoms. The smallest absolute Gasteiger partial charge is 0.0760 e. The highest BCUT2D eigenvalue weighted by Crippen LogP contribution is 2.30. The molecule has 0 aromatic carbocycles. The molecular weight excluding hydrogens is 182 g/mol. The molecule has 1 aromatic rings.